The van der Waals surface area contributed by atoms with Gasteiger partial charge in [-0.1, -0.05) is 26.7 Å². The molecule has 0 spiro atoms. The van der Waals surface area contributed by atoms with E-state index in [1.807, 2.05) is 19.9 Å². The number of rotatable bonds is 6. The van der Waals surface area contributed by atoms with Crippen LogP contribution in [-0.4, -0.2) is 32.9 Å². The van der Waals surface area contributed by atoms with Gasteiger partial charge in [0.25, 0.3) is 0 Å². The van der Waals surface area contributed by atoms with Crippen LogP contribution in [-0.2, 0) is 4.79 Å². The molecule has 160 valence electrons. The van der Waals surface area contributed by atoms with Crippen LogP contribution in [0.4, 0.5) is 10.5 Å². The van der Waals surface area contributed by atoms with Gasteiger partial charge in [-0.25, -0.2) is 4.79 Å². The van der Waals surface area contributed by atoms with Crippen molar-refractivity contribution in [3.8, 4) is 17.0 Å². The molecule has 0 saturated heterocycles. The van der Waals surface area contributed by atoms with E-state index in [-0.39, 0.29) is 29.6 Å². The van der Waals surface area contributed by atoms with E-state index in [9.17, 15) is 14.7 Å². The summed E-state index contributed by atoms with van der Waals surface area (Å²) in [6.45, 7) is 3.98. The van der Waals surface area contributed by atoms with E-state index in [0.717, 1.165) is 44.2 Å². The van der Waals surface area contributed by atoms with Gasteiger partial charge in [0.1, 0.15) is 5.75 Å². The van der Waals surface area contributed by atoms with E-state index in [2.05, 4.69) is 15.7 Å². The monoisotopic (exact) mass is 410 g/mol. The first-order valence-electron chi connectivity index (χ1n) is 10.9. The number of benzene rings is 1. The number of phenols is 1. The molecular weight excluding hydrogens is 380 g/mol. The smallest absolute Gasteiger partial charge is 0.342 e. The minimum atomic E-state index is -0.202. The Hall–Kier alpha value is -2.83. The van der Waals surface area contributed by atoms with Crippen LogP contribution in [0.5, 0.6) is 5.75 Å². The van der Waals surface area contributed by atoms with Crippen molar-refractivity contribution < 1.29 is 14.7 Å². The fourth-order valence-corrected chi connectivity index (χ4v) is 4.07. The average Bonchev–Trinajstić information content (AvgIpc) is 3.18. The third-order valence-electron chi connectivity index (χ3n) is 5.76. The summed E-state index contributed by atoms with van der Waals surface area (Å²) < 4.78 is 1.48. The molecule has 0 atom stereocenters. The van der Waals surface area contributed by atoms with Gasteiger partial charge in [0.2, 0.25) is 5.91 Å². The Bertz CT molecular complexity index is 940. The molecule has 2 fully saturated rings. The third kappa shape index (κ3) is 4.66. The summed E-state index contributed by atoms with van der Waals surface area (Å²) >= 11 is 0. The van der Waals surface area contributed by atoms with Crippen LogP contribution in [0, 0.1) is 5.92 Å². The molecule has 0 aliphatic heterocycles. The number of aromatic nitrogens is 2. The van der Waals surface area contributed by atoms with Crippen LogP contribution < -0.4 is 10.6 Å². The molecule has 0 unspecified atom stereocenters. The third-order valence-corrected chi connectivity index (χ3v) is 5.76. The fraction of sp³-hybridized carbons (Fsp3) is 0.522. The lowest BCUT2D eigenvalue weighted by Gasteiger charge is -2.11. The van der Waals surface area contributed by atoms with E-state index in [0.29, 0.717) is 29.3 Å². The van der Waals surface area contributed by atoms with Gasteiger partial charge in [0.15, 0.2) is 0 Å². The van der Waals surface area contributed by atoms with Gasteiger partial charge in [0, 0.05) is 29.6 Å². The summed E-state index contributed by atoms with van der Waals surface area (Å²) in [4.78, 5) is 24.9. The van der Waals surface area contributed by atoms with Crippen LogP contribution in [0.1, 0.15) is 70.4 Å². The topological polar surface area (TPSA) is 96.2 Å². The maximum absolute atomic E-state index is 12.8. The van der Waals surface area contributed by atoms with E-state index in [1.54, 1.807) is 18.2 Å². The number of nitrogens with one attached hydrogen (secondary N) is 2. The van der Waals surface area contributed by atoms with Crippen molar-refractivity contribution in [2.45, 2.75) is 70.8 Å². The summed E-state index contributed by atoms with van der Waals surface area (Å²) in [5.74, 6) is 0.563. The quantitative estimate of drug-likeness (QED) is 0.606. The average molecular weight is 411 g/mol. The first kappa shape index (κ1) is 20.4. The number of phenolic OH excluding ortho intramolecular Hbond substituents is 1. The number of carbonyl (C=O) groups excluding carboxylic acids is 2. The van der Waals surface area contributed by atoms with Crippen molar-refractivity contribution >= 4 is 17.6 Å². The zero-order chi connectivity index (χ0) is 21.3. The van der Waals surface area contributed by atoms with Gasteiger partial charge in [-0.15, -0.1) is 0 Å². The van der Waals surface area contributed by atoms with Gasteiger partial charge in [-0.05, 0) is 55.9 Å². The second-order valence-corrected chi connectivity index (χ2v) is 8.95. The maximum atomic E-state index is 12.8. The van der Waals surface area contributed by atoms with Crippen molar-refractivity contribution in [3.63, 3.8) is 0 Å². The highest BCUT2D eigenvalue weighted by Crippen LogP contribution is 2.38. The summed E-state index contributed by atoms with van der Waals surface area (Å²) in [5.41, 5.74) is 2.55. The number of amides is 2. The predicted octanol–water partition coefficient (Wildman–Crippen LogP) is 4.62. The molecule has 1 heterocycles. The van der Waals surface area contributed by atoms with Crippen molar-refractivity contribution in [1.29, 1.82) is 0 Å². The van der Waals surface area contributed by atoms with E-state index < -0.39 is 0 Å². The normalized spacial score (nSPS) is 16.8. The molecule has 1 aromatic carbocycles. The second-order valence-electron chi connectivity index (χ2n) is 8.95. The zero-order valence-electron chi connectivity index (χ0n) is 17.6. The minimum absolute atomic E-state index is 0.0670. The molecule has 2 amide bonds. The van der Waals surface area contributed by atoms with Gasteiger partial charge in [-0.2, -0.15) is 9.78 Å². The molecule has 0 bridgehead atoms. The lowest BCUT2D eigenvalue weighted by Crippen LogP contribution is -2.32. The summed E-state index contributed by atoms with van der Waals surface area (Å²) in [6, 6.07) is 6.90. The van der Waals surface area contributed by atoms with Gasteiger partial charge < -0.3 is 15.7 Å². The summed E-state index contributed by atoms with van der Waals surface area (Å²) in [5, 5.41) is 20.9. The van der Waals surface area contributed by atoms with Gasteiger partial charge in [-0.3, -0.25) is 4.79 Å². The van der Waals surface area contributed by atoms with Crippen LogP contribution in [0.3, 0.4) is 0 Å². The van der Waals surface area contributed by atoms with E-state index in [4.69, 9.17) is 0 Å². The summed E-state index contributed by atoms with van der Waals surface area (Å²) in [6.07, 6.45) is 6.83. The van der Waals surface area contributed by atoms with Crippen LogP contribution in [0.15, 0.2) is 24.3 Å². The van der Waals surface area contributed by atoms with E-state index >= 15 is 0 Å². The van der Waals surface area contributed by atoms with Gasteiger partial charge >= 0.3 is 6.03 Å². The van der Waals surface area contributed by atoms with Crippen LogP contribution >= 0.6 is 0 Å². The van der Waals surface area contributed by atoms with Crippen LogP contribution in [0.25, 0.3) is 11.3 Å². The largest absolute Gasteiger partial charge is 0.507 e. The van der Waals surface area contributed by atoms with Crippen molar-refractivity contribution in [3.05, 3.63) is 30.0 Å². The molecule has 0 radical (unpaired) electrons. The lowest BCUT2D eigenvalue weighted by atomic mass is 10.0. The Kier molecular flexibility index (Phi) is 5.79. The van der Waals surface area contributed by atoms with Crippen molar-refractivity contribution in [2.75, 3.05) is 5.32 Å². The molecule has 2 aliphatic rings. The minimum Gasteiger partial charge on any atom is -0.507 e. The molecular formula is C23H30N4O3. The molecule has 7 heteroatoms. The van der Waals surface area contributed by atoms with Gasteiger partial charge in [0.05, 0.1) is 11.4 Å². The lowest BCUT2D eigenvalue weighted by molar-refractivity contribution is -0.116. The highest BCUT2D eigenvalue weighted by Gasteiger charge is 2.29. The number of carbonyl (C=O) groups is 2. The predicted molar refractivity (Wildman–Crippen MR) is 116 cm³/mol. The number of aromatic hydroxyl groups is 1. The number of hydrogen-bond acceptors (Lipinski definition) is 4. The molecule has 7 nitrogen and oxygen atoms in total. The van der Waals surface area contributed by atoms with E-state index in [1.165, 1.54) is 4.68 Å². The van der Waals surface area contributed by atoms with Crippen molar-refractivity contribution in [2.24, 2.45) is 5.92 Å². The zero-order valence-corrected chi connectivity index (χ0v) is 17.6. The maximum Gasteiger partial charge on any atom is 0.342 e. The first-order valence-corrected chi connectivity index (χ1v) is 10.9. The Balaban J connectivity index is 1.64. The fourth-order valence-electron chi connectivity index (χ4n) is 4.07. The number of hydrogen-bond donors (Lipinski definition) is 3. The molecule has 2 aromatic rings. The number of anilines is 1. The molecule has 4 rings (SSSR count). The molecule has 3 N–H and O–H groups in total. The van der Waals surface area contributed by atoms with Crippen molar-refractivity contribution in [1.82, 2.24) is 15.1 Å². The second kappa shape index (κ2) is 8.50. The Morgan fingerprint density at radius 1 is 1.17 bits per heavy atom. The SMILES string of the molecule is CC(C)CC(=O)Nc1ccc(O)c(-c2cc(C3CCCC3)n(C(=O)NC3CC3)n2)c1. The Morgan fingerprint density at radius 3 is 2.57 bits per heavy atom. The Labute approximate surface area is 176 Å². The number of nitrogens with zero attached hydrogens (tertiary/aromatic N) is 2. The summed E-state index contributed by atoms with van der Waals surface area (Å²) in [7, 11) is 0. The Morgan fingerprint density at radius 2 is 1.90 bits per heavy atom. The molecule has 30 heavy (non-hydrogen) atoms. The molecule has 1 aromatic heterocycles. The molecule has 2 saturated carbocycles. The standard InChI is InChI=1S/C23H30N4O3/c1-14(2)11-22(29)24-17-9-10-21(28)18(12-17)19-13-20(15-5-3-4-6-15)27(26-19)23(30)25-16-7-8-16/h9-10,12-16,28H,3-8,11H2,1-2H3,(H,24,29)(H,25,30). The highest BCUT2D eigenvalue weighted by molar-refractivity contribution is 5.92. The molecule has 2 aliphatic carbocycles. The highest BCUT2D eigenvalue weighted by atomic mass is 16.3. The first-order chi connectivity index (χ1) is 14.4. The van der Waals surface area contributed by atoms with Crippen LogP contribution in [0.2, 0.25) is 0 Å².